The lowest BCUT2D eigenvalue weighted by Crippen LogP contribution is -2.26. The standard InChI is InChI=1S/C16H15FN2O4S/c1-4-5-13(24(20,21)14-9-16(2,3)23-18-14)15-11-7-6-10(17)8-12(11)22-19-15/h1,6-8,13H,5,9H2,2-3H3. The molecule has 0 saturated heterocycles. The van der Waals surface area contributed by atoms with Crippen molar-refractivity contribution in [1.82, 2.24) is 5.16 Å². The van der Waals surface area contributed by atoms with Crippen molar-refractivity contribution in [2.24, 2.45) is 5.16 Å². The molecule has 1 aliphatic heterocycles. The van der Waals surface area contributed by atoms with E-state index in [4.69, 9.17) is 15.8 Å². The number of halogens is 1. The van der Waals surface area contributed by atoms with Crippen molar-refractivity contribution in [3.05, 3.63) is 29.7 Å². The van der Waals surface area contributed by atoms with E-state index in [0.717, 1.165) is 6.07 Å². The van der Waals surface area contributed by atoms with Crippen LogP contribution in [0.5, 0.6) is 0 Å². The summed E-state index contributed by atoms with van der Waals surface area (Å²) in [4.78, 5) is 5.15. The molecule has 0 amide bonds. The van der Waals surface area contributed by atoms with Gasteiger partial charge in [-0.3, -0.25) is 0 Å². The first-order chi connectivity index (χ1) is 11.2. The molecule has 1 unspecified atom stereocenters. The fourth-order valence-electron chi connectivity index (χ4n) is 2.54. The van der Waals surface area contributed by atoms with Crippen LogP contribution in [0.25, 0.3) is 11.0 Å². The first kappa shape index (κ1) is 16.5. The number of hydrogen-bond donors (Lipinski definition) is 0. The van der Waals surface area contributed by atoms with E-state index in [0.29, 0.717) is 5.39 Å². The van der Waals surface area contributed by atoms with Gasteiger partial charge < -0.3 is 9.36 Å². The van der Waals surface area contributed by atoms with E-state index in [2.05, 4.69) is 16.2 Å². The van der Waals surface area contributed by atoms with E-state index in [-0.39, 0.29) is 29.2 Å². The van der Waals surface area contributed by atoms with E-state index in [1.165, 1.54) is 12.1 Å². The monoisotopic (exact) mass is 350 g/mol. The lowest BCUT2D eigenvalue weighted by Gasteiger charge is -2.15. The van der Waals surface area contributed by atoms with Gasteiger partial charge in [-0.05, 0) is 26.0 Å². The van der Waals surface area contributed by atoms with E-state index in [1.54, 1.807) is 13.8 Å². The first-order valence-corrected chi connectivity index (χ1v) is 8.76. The number of oxime groups is 1. The Morgan fingerprint density at radius 3 is 2.83 bits per heavy atom. The third kappa shape index (κ3) is 2.76. The van der Waals surface area contributed by atoms with Crippen LogP contribution in [0.15, 0.2) is 27.9 Å². The third-order valence-electron chi connectivity index (χ3n) is 3.74. The van der Waals surface area contributed by atoms with Crippen molar-refractivity contribution in [2.45, 2.75) is 37.5 Å². The van der Waals surface area contributed by atoms with Crippen molar-refractivity contribution < 1.29 is 22.2 Å². The van der Waals surface area contributed by atoms with Gasteiger partial charge in [0, 0.05) is 24.3 Å². The average Bonchev–Trinajstić information content (AvgIpc) is 3.07. The minimum Gasteiger partial charge on any atom is -0.389 e. The number of rotatable bonds is 3. The molecule has 0 fully saturated rings. The second-order valence-corrected chi connectivity index (χ2v) is 8.29. The molecule has 6 nitrogen and oxygen atoms in total. The van der Waals surface area contributed by atoms with Crippen LogP contribution in [0.2, 0.25) is 0 Å². The number of terminal acetylenes is 1. The SMILES string of the molecule is C#CCC(c1noc2cc(F)ccc12)S(=O)(=O)C1=NOC(C)(C)C1. The molecule has 0 radical (unpaired) electrons. The molecule has 1 aliphatic rings. The van der Waals surface area contributed by atoms with Crippen LogP contribution < -0.4 is 0 Å². The Labute approximate surface area is 138 Å². The van der Waals surface area contributed by atoms with Gasteiger partial charge in [0.05, 0.1) is 0 Å². The summed E-state index contributed by atoms with van der Waals surface area (Å²) in [6, 6.07) is 3.78. The van der Waals surface area contributed by atoms with Gasteiger partial charge in [-0.1, -0.05) is 10.3 Å². The Balaban J connectivity index is 2.08. The van der Waals surface area contributed by atoms with Gasteiger partial charge in [-0.2, -0.15) is 0 Å². The zero-order chi connectivity index (χ0) is 17.5. The highest BCUT2D eigenvalue weighted by Crippen LogP contribution is 2.36. The number of nitrogens with zero attached hydrogens (tertiary/aromatic N) is 2. The van der Waals surface area contributed by atoms with Crippen LogP contribution in [0, 0.1) is 18.2 Å². The molecule has 1 aromatic carbocycles. The lowest BCUT2D eigenvalue weighted by atomic mass is 10.1. The van der Waals surface area contributed by atoms with Gasteiger partial charge in [-0.15, -0.1) is 12.3 Å². The Morgan fingerprint density at radius 2 is 2.21 bits per heavy atom. The van der Waals surface area contributed by atoms with Gasteiger partial charge in [0.2, 0.25) is 9.84 Å². The molecule has 1 aromatic heterocycles. The van der Waals surface area contributed by atoms with Crippen LogP contribution >= 0.6 is 0 Å². The Hall–Kier alpha value is -2.40. The molecular formula is C16H15FN2O4S. The van der Waals surface area contributed by atoms with Crippen LogP contribution in [0.3, 0.4) is 0 Å². The largest absolute Gasteiger partial charge is 0.389 e. The molecule has 0 bridgehead atoms. The van der Waals surface area contributed by atoms with Crippen molar-refractivity contribution >= 4 is 25.9 Å². The van der Waals surface area contributed by atoms with E-state index in [9.17, 15) is 12.8 Å². The summed E-state index contributed by atoms with van der Waals surface area (Å²) in [6.45, 7) is 3.48. The first-order valence-electron chi connectivity index (χ1n) is 7.22. The Kier molecular flexibility index (Phi) is 3.84. The Morgan fingerprint density at radius 1 is 1.46 bits per heavy atom. The summed E-state index contributed by atoms with van der Waals surface area (Å²) < 4.78 is 44.3. The zero-order valence-electron chi connectivity index (χ0n) is 13.1. The molecule has 3 rings (SSSR count). The molecule has 2 heterocycles. The number of benzene rings is 1. The molecule has 0 N–H and O–H groups in total. The maximum absolute atomic E-state index is 13.3. The number of aromatic nitrogens is 1. The van der Waals surface area contributed by atoms with Crippen molar-refractivity contribution in [3.8, 4) is 12.3 Å². The maximum Gasteiger partial charge on any atom is 0.204 e. The van der Waals surface area contributed by atoms with Gasteiger partial charge >= 0.3 is 0 Å². The summed E-state index contributed by atoms with van der Waals surface area (Å²) in [6.07, 6.45) is 5.38. The van der Waals surface area contributed by atoms with Gasteiger partial charge in [0.25, 0.3) is 0 Å². The topological polar surface area (TPSA) is 81.8 Å². The van der Waals surface area contributed by atoms with E-state index < -0.39 is 26.5 Å². The summed E-state index contributed by atoms with van der Waals surface area (Å²) in [7, 11) is -3.89. The van der Waals surface area contributed by atoms with Gasteiger partial charge in [0.1, 0.15) is 22.4 Å². The predicted molar refractivity (Wildman–Crippen MR) is 86.3 cm³/mol. The van der Waals surface area contributed by atoms with Crippen LogP contribution in [-0.2, 0) is 14.7 Å². The fraction of sp³-hybridized carbons (Fsp3) is 0.375. The second kappa shape index (κ2) is 5.60. The molecule has 2 aromatic rings. The molecule has 0 saturated carbocycles. The minimum absolute atomic E-state index is 0.0778. The summed E-state index contributed by atoms with van der Waals surface area (Å²) in [5, 5.41) is 6.72. The quantitative estimate of drug-likeness (QED) is 0.795. The van der Waals surface area contributed by atoms with Crippen molar-refractivity contribution in [3.63, 3.8) is 0 Å². The van der Waals surface area contributed by atoms with Gasteiger partial charge in [0.15, 0.2) is 10.6 Å². The molecule has 24 heavy (non-hydrogen) atoms. The van der Waals surface area contributed by atoms with Crippen LogP contribution in [0.4, 0.5) is 4.39 Å². The minimum atomic E-state index is -3.89. The molecule has 0 aliphatic carbocycles. The van der Waals surface area contributed by atoms with E-state index in [1.807, 2.05) is 0 Å². The third-order valence-corrected chi connectivity index (χ3v) is 5.76. The average molecular weight is 350 g/mol. The smallest absolute Gasteiger partial charge is 0.204 e. The van der Waals surface area contributed by atoms with Crippen molar-refractivity contribution in [2.75, 3.05) is 0 Å². The summed E-state index contributed by atoms with van der Waals surface area (Å²) >= 11 is 0. The second-order valence-electron chi connectivity index (χ2n) is 6.16. The fourth-order valence-corrected chi connectivity index (χ4v) is 4.34. The summed E-state index contributed by atoms with van der Waals surface area (Å²) in [5.41, 5.74) is -0.388. The molecule has 8 heteroatoms. The summed E-state index contributed by atoms with van der Waals surface area (Å²) in [5.74, 6) is 1.85. The number of fused-ring (bicyclic) bond motifs is 1. The normalized spacial score (nSPS) is 18.0. The highest BCUT2D eigenvalue weighted by Gasteiger charge is 2.42. The number of hydrogen-bond acceptors (Lipinski definition) is 6. The Bertz CT molecular complexity index is 970. The van der Waals surface area contributed by atoms with Crippen molar-refractivity contribution in [1.29, 1.82) is 0 Å². The highest BCUT2D eigenvalue weighted by molar-refractivity contribution is 8.06. The maximum atomic E-state index is 13.3. The zero-order valence-corrected chi connectivity index (χ0v) is 13.9. The van der Waals surface area contributed by atoms with Crippen LogP contribution in [-0.4, -0.2) is 24.2 Å². The molecule has 1 atom stereocenters. The van der Waals surface area contributed by atoms with E-state index >= 15 is 0 Å². The molecular weight excluding hydrogens is 335 g/mol. The molecule has 126 valence electrons. The molecule has 0 spiro atoms. The highest BCUT2D eigenvalue weighted by atomic mass is 32.2. The van der Waals surface area contributed by atoms with Gasteiger partial charge in [-0.25, -0.2) is 12.8 Å². The lowest BCUT2D eigenvalue weighted by molar-refractivity contribution is 0.0123. The van der Waals surface area contributed by atoms with Crippen LogP contribution in [0.1, 0.15) is 37.6 Å². The number of sulfone groups is 1. The predicted octanol–water partition coefficient (Wildman–Crippen LogP) is 2.96.